The Hall–Kier alpha value is -3.69. The molecule has 0 spiro atoms. The maximum atomic E-state index is 12.6. The Bertz CT molecular complexity index is 1180. The number of carbonyl (C=O) groups excluding carboxylic acids is 2. The number of esters is 1. The van der Waals surface area contributed by atoms with Crippen LogP contribution in [0.2, 0.25) is 0 Å². The first-order valence-corrected chi connectivity index (χ1v) is 10.8. The summed E-state index contributed by atoms with van der Waals surface area (Å²) in [6, 6.07) is 20.8. The number of hydrogen-bond acceptors (Lipinski definition) is 6. The largest absolute Gasteiger partial charge is 0.456 e. The second kappa shape index (κ2) is 9.41. The standard InChI is InChI=1S/C22H20N2O6S/c1-15(21(25)24-16-11-13-18(14-12-16)31(23,27)28)29-22(26)19-9-5-6-10-20(19)30-17-7-3-2-4-8-17/h2-15H,1H3,(H,24,25)(H2,23,27,28)/t15-/m0/s1. The summed E-state index contributed by atoms with van der Waals surface area (Å²) in [5, 5.41) is 7.59. The molecule has 160 valence electrons. The molecule has 0 radical (unpaired) electrons. The first-order valence-electron chi connectivity index (χ1n) is 9.20. The zero-order chi connectivity index (χ0) is 22.4. The molecule has 0 aromatic heterocycles. The van der Waals surface area contributed by atoms with E-state index in [1.165, 1.54) is 37.3 Å². The lowest BCUT2D eigenvalue weighted by molar-refractivity contribution is -0.123. The van der Waals surface area contributed by atoms with Crippen LogP contribution < -0.4 is 15.2 Å². The van der Waals surface area contributed by atoms with E-state index in [9.17, 15) is 18.0 Å². The smallest absolute Gasteiger partial charge is 0.342 e. The Morgan fingerprint density at radius 1 is 0.903 bits per heavy atom. The van der Waals surface area contributed by atoms with Gasteiger partial charge >= 0.3 is 5.97 Å². The van der Waals surface area contributed by atoms with E-state index in [0.29, 0.717) is 17.2 Å². The number of nitrogens with one attached hydrogen (secondary N) is 1. The van der Waals surface area contributed by atoms with Gasteiger partial charge in [0.1, 0.15) is 17.1 Å². The van der Waals surface area contributed by atoms with Gasteiger partial charge in [-0.1, -0.05) is 30.3 Å². The van der Waals surface area contributed by atoms with Crippen LogP contribution in [0.5, 0.6) is 11.5 Å². The number of anilines is 1. The van der Waals surface area contributed by atoms with E-state index in [1.807, 2.05) is 6.07 Å². The van der Waals surface area contributed by atoms with Crippen molar-refractivity contribution in [2.24, 2.45) is 5.14 Å². The Morgan fingerprint density at radius 2 is 1.52 bits per heavy atom. The van der Waals surface area contributed by atoms with Gasteiger partial charge in [0.05, 0.1) is 4.90 Å². The van der Waals surface area contributed by atoms with Gasteiger partial charge in [0.25, 0.3) is 5.91 Å². The van der Waals surface area contributed by atoms with E-state index in [4.69, 9.17) is 14.6 Å². The number of hydrogen-bond donors (Lipinski definition) is 2. The van der Waals surface area contributed by atoms with Crippen molar-refractivity contribution in [2.75, 3.05) is 5.32 Å². The van der Waals surface area contributed by atoms with Crippen molar-refractivity contribution in [3.63, 3.8) is 0 Å². The molecule has 1 atom stereocenters. The monoisotopic (exact) mass is 440 g/mol. The molecule has 0 bridgehead atoms. The second-order valence-electron chi connectivity index (χ2n) is 6.52. The number of amides is 1. The fourth-order valence-corrected chi connectivity index (χ4v) is 3.10. The Labute approximate surface area is 179 Å². The third-order valence-electron chi connectivity index (χ3n) is 4.18. The van der Waals surface area contributed by atoms with Crippen LogP contribution in [0, 0.1) is 0 Å². The van der Waals surface area contributed by atoms with Crippen LogP contribution >= 0.6 is 0 Å². The van der Waals surface area contributed by atoms with Gasteiger partial charge in [-0.25, -0.2) is 18.4 Å². The van der Waals surface area contributed by atoms with Crippen molar-refractivity contribution in [3.05, 3.63) is 84.4 Å². The van der Waals surface area contributed by atoms with Gasteiger partial charge < -0.3 is 14.8 Å². The molecule has 3 aromatic rings. The lowest BCUT2D eigenvalue weighted by Crippen LogP contribution is -2.30. The molecule has 0 aliphatic heterocycles. The van der Waals surface area contributed by atoms with Crippen molar-refractivity contribution in [1.82, 2.24) is 0 Å². The minimum Gasteiger partial charge on any atom is -0.456 e. The molecule has 3 aromatic carbocycles. The van der Waals surface area contributed by atoms with Crippen molar-refractivity contribution in [2.45, 2.75) is 17.9 Å². The van der Waals surface area contributed by atoms with Crippen LogP contribution in [0.25, 0.3) is 0 Å². The Morgan fingerprint density at radius 3 is 2.16 bits per heavy atom. The highest BCUT2D eigenvalue weighted by Gasteiger charge is 2.22. The summed E-state index contributed by atoms with van der Waals surface area (Å²) in [5.74, 6) is -0.460. The predicted molar refractivity (Wildman–Crippen MR) is 114 cm³/mol. The van der Waals surface area contributed by atoms with Gasteiger partial charge in [-0.05, 0) is 55.5 Å². The summed E-state index contributed by atoms with van der Waals surface area (Å²) in [7, 11) is -3.83. The van der Waals surface area contributed by atoms with Crippen LogP contribution in [0.15, 0.2) is 83.8 Å². The molecule has 0 aliphatic carbocycles. The van der Waals surface area contributed by atoms with Gasteiger partial charge in [-0.2, -0.15) is 0 Å². The number of primary sulfonamides is 1. The number of ether oxygens (including phenoxy) is 2. The van der Waals surface area contributed by atoms with Crippen LogP contribution in [-0.2, 0) is 19.6 Å². The summed E-state index contributed by atoms with van der Waals surface area (Å²) in [4.78, 5) is 24.9. The third-order valence-corrected chi connectivity index (χ3v) is 5.11. The second-order valence-corrected chi connectivity index (χ2v) is 8.08. The summed E-state index contributed by atoms with van der Waals surface area (Å²) in [5.41, 5.74) is 0.497. The van der Waals surface area contributed by atoms with Crippen LogP contribution in [0.1, 0.15) is 17.3 Å². The topological polar surface area (TPSA) is 125 Å². The quantitative estimate of drug-likeness (QED) is 0.543. The van der Waals surface area contributed by atoms with Crippen molar-refractivity contribution >= 4 is 27.6 Å². The number of sulfonamides is 1. The molecule has 0 saturated heterocycles. The van der Waals surface area contributed by atoms with E-state index in [1.54, 1.807) is 42.5 Å². The van der Waals surface area contributed by atoms with Gasteiger partial charge in [0, 0.05) is 5.69 Å². The number of carbonyl (C=O) groups is 2. The number of para-hydroxylation sites is 2. The molecule has 0 aliphatic rings. The van der Waals surface area contributed by atoms with E-state index in [0.717, 1.165) is 0 Å². The summed E-state index contributed by atoms with van der Waals surface area (Å²) < 4.78 is 33.6. The normalized spacial score (nSPS) is 11.9. The third kappa shape index (κ3) is 5.91. The predicted octanol–water partition coefficient (Wildman–Crippen LogP) is 3.31. The SMILES string of the molecule is C[C@H](OC(=O)c1ccccc1Oc1ccccc1)C(=O)Nc1ccc(S(N)(=O)=O)cc1. The Balaban J connectivity index is 1.66. The van der Waals surface area contributed by atoms with Crippen LogP contribution in [0.3, 0.4) is 0 Å². The van der Waals surface area contributed by atoms with E-state index >= 15 is 0 Å². The molecule has 0 fully saturated rings. The lowest BCUT2D eigenvalue weighted by Gasteiger charge is -2.15. The molecule has 8 nitrogen and oxygen atoms in total. The van der Waals surface area contributed by atoms with Gasteiger partial charge in [0.2, 0.25) is 10.0 Å². The van der Waals surface area contributed by atoms with Crippen LogP contribution in [0.4, 0.5) is 5.69 Å². The average molecular weight is 440 g/mol. The summed E-state index contributed by atoms with van der Waals surface area (Å²) in [6.45, 7) is 1.42. The first-order chi connectivity index (χ1) is 14.7. The van der Waals surface area contributed by atoms with Crippen molar-refractivity contribution in [3.8, 4) is 11.5 Å². The number of benzene rings is 3. The van der Waals surface area contributed by atoms with E-state index in [-0.39, 0.29) is 10.5 Å². The Kier molecular flexibility index (Phi) is 6.68. The fraction of sp³-hybridized carbons (Fsp3) is 0.0909. The number of nitrogens with two attached hydrogens (primary N) is 1. The summed E-state index contributed by atoms with van der Waals surface area (Å²) in [6.07, 6.45) is -1.12. The zero-order valence-electron chi connectivity index (χ0n) is 16.5. The molecule has 31 heavy (non-hydrogen) atoms. The minimum atomic E-state index is -3.83. The first kappa shape index (κ1) is 22.0. The zero-order valence-corrected chi connectivity index (χ0v) is 17.3. The molecule has 3 N–H and O–H groups in total. The van der Waals surface area contributed by atoms with Crippen molar-refractivity contribution in [1.29, 1.82) is 0 Å². The van der Waals surface area contributed by atoms with Gasteiger partial charge in [0.15, 0.2) is 6.10 Å². The maximum Gasteiger partial charge on any atom is 0.342 e. The summed E-state index contributed by atoms with van der Waals surface area (Å²) >= 11 is 0. The highest BCUT2D eigenvalue weighted by atomic mass is 32.2. The van der Waals surface area contributed by atoms with E-state index in [2.05, 4.69) is 5.32 Å². The number of rotatable bonds is 7. The van der Waals surface area contributed by atoms with Crippen LogP contribution in [-0.4, -0.2) is 26.4 Å². The fourth-order valence-electron chi connectivity index (χ4n) is 2.59. The maximum absolute atomic E-state index is 12.6. The minimum absolute atomic E-state index is 0.0833. The molecule has 9 heteroatoms. The molecule has 1 amide bonds. The highest BCUT2D eigenvalue weighted by molar-refractivity contribution is 7.89. The molecule has 3 rings (SSSR count). The van der Waals surface area contributed by atoms with Gasteiger partial charge in [-0.15, -0.1) is 0 Å². The molecular formula is C22H20N2O6S. The average Bonchev–Trinajstić information content (AvgIpc) is 2.74. The molecule has 0 saturated carbocycles. The van der Waals surface area contributed by atoms with Gasteiger partial charge in [-0.3, -0.25) is 4.79 Å². The molecule has 0 heterocycles. The van der Waals surface area contributed by atoms with Crippen molar-refractivity contribution < 1.29 is 27.5 Å². The van der Waals surface area contributed by atoms with E-state index < -0.39 is 28.0 Å². The molecular weight excluding hydrogens is 420 g/mol. The lowest BCUT2D eigenvalue weighted by atomic mass is 10.2. The highest BCUT2D eigenvalue weighted by Crippen LogP contribution is 2.26. The molecule has 0 unspecified atom stereocenters.